The molecule has 0 saturated heterocycles. The second-order valence-corrected chi connectivity index (χ2v) is 23.4. The summed E-state index contributed by atoms with van der Waals surface area (Å²) in [5.74, 6) is 1.35. The van der Waals surface area contributed by atoms with Gasteiger partial charge in [-0.05, 0) is 92.1 Å². The van der Waals surface area contributed by atoms with Crippen LogP contribution in [0, 0.1) is 12.1 Å². The molecule has 7 heteroatoms. The maximum atomic E-state index is 6.68. The van der Waals surface area contributed by atoms with Crippen molar-refractivity contribution in [3.8, 4) is 39.5 Å². The molecule has 0 aliphatic carbocycles. The van der Waals surface area contributed by atoms with Crippen LogP contribution in [0.3, 0.4) is 0 Å². The van der Waals surface area contributed by atoms with Crippen LogP contribution in [0.1, 0.15) is 50.7 Å². The van der Waals surface area contributed by atoms with Gasteiger partial charge in [0.05, 0.1) is 36.0 Å². The second kappa shape index (κ2) is 17.8. The van der Waals surface area contributed by atoms with E-state index in [1.807, 2.05) is 36.5 Å². The monoisotopic (exact) mass is 1040 g/mol. The van der Waals surface area contributed by atoms with E-state index in [9.17, 15) is 0 Å². The van der Waals surface area contributed by atoms with Crippen molar-refractivity contribution in [1.29, 1.82) is 0 Å². The number of benzene rings is 7. The molecule has 0 aliphatic rings. The van der Waals surface area contributed by atoms with Crippen LogP contribution in [-0.4, -0.2) is 27.6 Å². The molecule has 0 amide bonds. The van der Waals surface area contributed by atoms with Gasteiger partial charge in [0.25, 0.3) is 0 Å². The topological polar surface area (TPSA) is 56.7 Å². The number of rotatable bonds is 7. The van der Waals surface area contributed by atoms with Crippen LogP contribution in [0.15, 0.2) is 168 Å². The van der Waals surface area contributed by atoms with E-state index in [1.54, 1.807) is 0 Å². The smallest absolute Gasteiger partial charge is 0.216 e. The predicted octanol–water partition coefficient (Wildman–Crippen LogP) is 15.1. The Bertz CT molecular complexity index is 3450. The van der Waals surface area contributed by atoms with Gasteiger partial charge in [0, 0.05) is 42.8 Å². The molecule has 4 aromatic heterocycles. The van der Waals surface area contributed by atoms with Crippen LogP contribution >= 0.6 is 0 Å². The maximum Gasteiger partial charge on any atom is 0.216 e. The van der Waals surface area contributed by atoms with Gasteiger partial charge in [-0.15, -0.1) is 54.1 Å². The molecule has 1 radical (unpaired) electrons. The molecular weight excluding hydrogens is 989 g/mol. The van der Waals surface area contributed by atoms with Gasteiger partial charge in [-0.3, -0.25) is 4.98 Å². The van der Waals surface area contributed by atoms with Crippen LogP contribution in [0.5, 0.6) is 0 Å². The van der Waals surface area contributed by atoms with Gasteiger partial charge in [-0.1, -0.05) is 143 Å². The first-order valence-corrected chi connectivity index (χ1v) is 25.7. The third kappa shape index (κ3) is 8.25. The Morgan fingerprint density at radius 2 is 1.31 bits per heavy atom. The average Bonchev–Trinajstić information content (AvgIpc) is 3.89. The Morgan fingerprint density at radius 3 is 2.02 bits per heavy atom. The van der Waals surface area contributed by atoms with Crippen molar-refractivity contribution in [3.05, 3.63) is 187 Å². The minimum absolute atomic E-state index is 0. The van der Waals surface area contributed by atoms with Crippen LogP contribution in [-0.2, 0) is 20.1 Å². The fourth-order valence-corrected chi connectivity index (χ4v) is 9.87. The van der Waals surface area contributed by atoms with Crippen molar-refractivity contribution in [2.45, 2.75) is 59.2 Å². The summed E-state index contributed by atoms with van der Waals surface area (Å²) >= 11 is 0. The first-order valence-electron chi connectivity index (χ1n) is 22.2. The third-order valence-corrected chi connectivity index (χ3v) is 14.3. The molecule has 7 aromatic carbocycles. The van der Waals surface area contributed by atoms with Gasteiger partial charge < -0.3 is 14.0 Å². The first kappa shape index (κ1) is 43.7. The van der Waals surface area contributed by atoms with E-state index >= 15 is 0 Å². The maximum absolute atomic E-state index is 6.68. The number of para-hydroxylation sites is 2. The van der Waals surface area contributed by atoms with Gasteiger partial charge in [0.1, 0.15) is 0 Å². The Morgan fingerprint density at radius 1 is 0.585 bits per heavy atom. The minimum atomic E-state index is -1.23. The van der Waals surface area contributed by atoms with Crippen LogP contribution in [0.2, 0.25) is 19.6 Å². The number of imidazole rings is 1. The largest absolute Gasteiger partial charge is 0.486 e. The molecule has 0 aliphatic heterocycles. The molecule has 0 bridgehead atoms. The van der Waals surface area contributed by atoms with Crippen LogP contribution in [0.4, 0.5) is 0 Å². The van der Waals surface area contributed by atoms with Crippen LogP contribution in [0.25, 0.3) is 94.2 Å². The molecule has 4 heterocycles. The number of furan rings is 1. The number of nitrogens with zero attached hydrogens (tertiary/aromatic N) is 4. The van der Waals surface area contributed by atoms with E-state index in [1.165, 1.54) is 43.9 Å². The van der Waals surface area contributed by atoms with Gasteiger partial charge in [0.15, 0.2) is 0 Å². The molecule has 65 heavy (non-hydrogen) atoms. The SMILES string of the molecule is CC(C)c1cc(-c2ccccc2)cc(C(C)C)c1-n1c(-c2[c-]ccc3c2oc2nc4ccc5ccccc5c4cc23)nc2ccccc21.C[Si](C)(C)c1ccc(-c2[c-]cccc2)nc1.[Ir]. The van der Waals surface area contributed by atoms with Crippen molar-refractivity contribution in [2.24, 2.45) is 0 Å². The number of pyridine rings is 2. The van der Waals surface area contributed by atoms with E-state index in [2.05, 4.69) is 196 Å². The molecule has 0 N–H and O–H groups in total. The standard InChI is InChI=1S/C44H34N3O.C14H16NSi.Ir/c1-26(2)34-23-30(28-13-6-5-7-14-28)24-35(27(3)4)41(34)47-40-20-11-10-19-39(40)45-43(47)33-18-12-17-32-37-25-36-31-16-9-8-15-29(31)21-22-38(36)46-44(37)48-42(32)33;1-16(2,3)13-9-10-14(15-11-13)12-7-5-4-6-8-12;/h5-17,19-27H,1-4H3;4-7,9-11H,1-3H3;/q2*-1;. The zero-order valence-electron chi connectivity index (χ0n) is 37.8. The van der Waals surface area contributed by atoms with Gasteiger partial charge in [-0.25, -0.2) is 4.98 Å². The molecule has 11 aromatic rings. The summed E-state index contributed by atoms with van der Waals surface area (Å²) in [6.45, 7) is 16.1. The molecular formula is C58H50IrN4OSi-2. The molecule has 0 unspecified atom stereocenters. The van der Waals surface area contributed by atoms with Crippen molar-refractivity contribution < 1.29 is 24.5 Å². The summed E-state index contributed by atoms with van der Waals surface area (Å²) in [4.78, 5) is 14.9. The van der Waals surface area contributed by atoms with Gasteiger partial charge in [-0.2, -0.15) is 0 Å². The summed E-state index contributed by atoms with van der Waals surface area (Å²) in [7, 11) is -1.23. The van der Waals surface area contributed by atoms with E-state index < -0.39 is 8.07 Å². The van der Waals surface area contributed by atoms with E-state index in [-0.39, 0.29) is 31.9 Å². The van der Waals surface area contributed by atoms with Gasteiger partial charge >= 0.3 is 0 Å². The molecule has 5 nitrogen and oxygen atoms in total. The molecule has 0 spiro atoms. The van der Waals surface area contributed by atoms with E-state index in [0.717, 1.165) is 60.9 Å². The van der Waals surface area contributed by atoms with Crippen LogP contribution < -0.4 is 5.19 Å². The fraction of sp³-hybridized carbons (Fsp3) is 0.155. The summed E-state index contributed by atoms with van der Waals surface area (Å²) in [6, 6.07) is 61.8. The molecule has 323 valence electrons. The first-order chi connectivity index (χ1) is 31.0. The number of hydrogen-bond donors (Lipinski definition) is 0. The molecule has 0 atom stereocenters. The normalized spacial score (nSPS) is 11.8. The Hall–Kier alpha value is -6.50. The Balaban J connectivity index is 0.000000266. The predicted molar refractivity (Wildman–Crippen MR) is 271 cm³/mol. The number of fused-ring (bicyclic) bond motifs is 7. The Labute approximate surface area is 395 Å². The van der Waals surface area contributed by atoms with Crippen molar-refractivity contribution in [2.75, 3.05) is 0 Å². The van der Waals surface area contributed by atoms with E-state index in [4.69, 9.17) is 14.4 Å². The molecule has 0 fully saturated rings. The summed E-state index contributed by atoms with van der Waals surface area (Å²) < 4.78 is 9.03. The number of hydrogen-bond acceptors (Lipinski definition) is 4. The van der Waals surface area contributed by atoms with E-state index in [0.29, 0.717) is 5.71 Å². The van der Waals surface area contributed by atoms with Crippen molar-refractivity contribution in [1.82, 2.24) is 19.5 Å². The fourth-order valence-electron chi connectivity index (χ4n) is 8.83. The average molecular weight is 1040 g/mol. The molecule has 11 rings (SSSR count). The van der Waals surface area contributed by atoms with Gasteiger partial charge in [0.2, 0.25) is 5.71 Å². The summed E-state index contributed by atoms with van der Waals surface area (Å²) in [5, 5.41) is 6.89. The summed E-state index contributed by atoms with van der Waals surface area (Å²) in [6.07, 6.45) is 2.02. The summed E-state index contributed by atoms with van der Waals surface area (Å²) in [5.41, 5.74) is 13.3. The minimum Gasteiger partial charge on any atom is -0.486 e. The van der Waals surface area contributed by atoms with Crippen molar-refractivity contribution >= 4 is 68.0 Å². The third-order valence-electron chi connectivity index (χ3n) is 12.3. The van der Waals surface area contributed by atoms with Crippen molar-refractivity contribution in [3.63, 3.8) is 0 Å². The molecule has 0 saturated carbocycles. The second-order valence-electron chi connectivity index (χ2n) is 18.3. The Kier molecular flexibility index (Phi) is 12.0. The zero-order chi connectivity index (χ0) is 44.1. The quantitative estimate of drug-likeness (QED) is 0.0907. The zero-order valence-corrected chi connectivity index (χ0v) is 41.2. The number of aromatic nitrogens is 4.